The van der Waals surface area contributed by atoms with E-state index in [1.165, 1.54) is 0 Å². The van der Waals surface area contributed by atoms with E-state index in [0.717, 1.165) is 11.2 Å². The van der Waals surface area contributed by atoms with E-state index in [4.69, 9.17) is 9.31 Å². The summed E-state index contributed by atoms with van der Waals surface area (Å²) in [6, 6.07) is 2.01. The van der Waals surface area contributed by atoms with Crippen molar-refractivity contribution in [2.24, 2.45) is 0 Å². The van der Waals surface area contributed by atoms with Crippen LogP contribution in [0, 0.1) is 6.92 Å². The van der Waals surface area contributed by atoms with Crippen molar-refractivity contribution >= 4 is 12.6 Å². The predicted molar refractivity (Wildman–Crippen MR) is 61.2 cm³/mol. The molecule has 2 heterocycles. The number of H-pyrrole nitrogens is 1. The summed E-state index contributed by atoms with van der Waals surface area (Å²) in [4.78, 5) is 3.14. The first-order valence-corrected chi connectivity index (χ1v) is 5.33. The molecule has 1 saturated heterocycles. The molecule has 1 aliphatic rings. The van der Waals surface area contributed by atoms with Crippen LogP contribution >= 0.6 is 0 Å². The SMILES string of the molecule is Cc1[nH]ccc1B1OC(C)(C)C(C)(C)O1. The molecule has 0 radical (unpaired) electrons. The summed E-state index contributed by atoms with van der Waals surface area (Å²) < 4.78 is 11.9. The first-order valence-electron chi connectivity index (χ1n) is 5.33. The molecule has 0 aromatic carbocycles. The highest BCUT2D eigenvalue weighted by molar-refractivity contribution is 6.62. The minimum Gasteiger partial charge on any atom is -0.399 e. The first-order chi connectivity index (χ1) is 6.83. The molecule has 2 rings (SSSR count). The molecule has 4 heteroatoms. The van der Waals surface area contributed by atoms with Gasteiger partial charge in [-0.1, -0.05) is 0 Å². The van der Waals surface area contributed by atoms with Crippen LogP contribution in [0.5, 0.6) is 0 Å². The fourth-order valence-electron chi connectivity index (χ4n) is 1.69. The van der Waals surface area contributed by atoms with E-state index in [0.29, 0.717) is 0 Å². The number of hydrogen-bond acceptors (Lipinski definition) is 2. The lowest BCUT2D eigenvalue weighted by molar-refractivity contribution is 0.00578. The molecule has 0 saturated carbocycles. The fraction of sp³-hybridized carbons (Fsp3) is 0.636. The average Bonchev–Trinajstić information content (AvgIpc) is 2.55. The molecule has 0 bridgehead atoms. The van der Waals surface area contributed by atoms with Crippen LogP contribution in [-0.4, -0.2) is 23.3 Å². The summed E-state index contributed by atoms with van der Waals surface area (Å²) in [6.07, 6.45) is 1.91. The van der Waals surface area contributed by atoms with Crippen LogP contribution in [0.1, 0.15) is 33.4 Å². The molecule has 0 amide bonds. The van der Waals surface area contributed by atoms with Crippen LogP contribution in [0.3, 0.4) is 0 Å². The zero-order valence-corrected chi connectivity index (χ0v) is 10.0. The van der Waals surface area contributed by atoms with Crippen molar-refractivity contribution < 1.29 is 9.31 Å². The monoisotopic (exact) mass is 207 g/mol. The van der Waals surface area contributed by atoms with Crippen LogP contribution in [0.25, 0.3) is 0 Å². The number of aromatic nitrogens is 1. The van der Waals surface area contributed by atoms with E-state index in [1.807, 2.05) is 19.2 Å². The maximum atomic E-state index is 5.95. The van der Waals surface area contributed by atoms with E-state index in [-0.39, 0.29) is 18.3 Å². The lowest BCUT2D eigenvalue weighted by Gasteiger charge is -2.32. The van der Waals surface area contributed by atoms with Crippen LogP contribution in [0.4, 0.5) is 0 Å². The lowest BCUT2D eigenvalue weighted by atomic mass is 9.79. The van der Waals surface area contributed by atoms with Gasteiger partial charge in [0.1, 0.15) is 0 Å². The fourth-order valence-corrected chi connectivity index (χ4v) is 1.69. The van der Waals surface area contributed by atoms with E-state index in [1.54, 1.807) is 0 Å². The predicted octanol–water partition coefficient (Wildman–Crippen LogP) is 1.62. The van der Waals surface area contributed by atoms with Gasteiger partial charge >= 0.3 is 7.12 Å². The van der Waals surface area contributed by atoms with E-state index in [9.17, 15) is 0 Å². The lowest BCUT2D eigenvalue weighted by Crippen LogP contribution is -2.41. The zero-order chi connectivity index (χ0) is 11.3. The second kappa shape index (κ2) is 3.13. The van der Waals surface area contributed by atoms with Gasteiger partial charge in [-0.05, 0) is 40.7 Å². The van der Waals surface area contributed by atoms with Crippen molar-refractivity contribution in [3.8, 4) is 0 Å². The molecule has 1 N–H and O–H groups in total. The quantitative estimate of drug-likeness (QED) is 0.710. The Labute approximate surface area is 91.3 Å². The molecule has 1 aromatic heterocycles. The second-order valence-electron chi connectivity index (χ2n) is 5.15. The van der Waals surface area contributed by atoms with Gasteiger partial charge in [0, 0.05) is 17.4 Å². The van der Waals surface area contributed by atoms with Crippen molar-refractivity contribution in [3.63, 3.8) is 0 Å². The maximum absolute atomic E-state index is 5.95. The molecule has 0 atom stereocenters. The topological polar surface area (TPSA) is 34.2 Å². The Morgan fingerprint density at radius 1 is 1.13 bits per heavy atom. The van der Waals surface area contributed by atoms with Gasteiger partial charge in [-0.2, -0.15) is 0 Å². The van der Waals surface area contributed by atoms with Gasteiger partial charge in [-0.3, -0.25) is 0 Å². The molecule has 1 aliphatic heterocycles. The van der Waals surface area contributed by atoms with Gasteiger partial charge in [0.05, 0.1) is 11.2 Å². The average molecular weight is 207 g/mol. The summed E-state index contributed by atoms with van der Waals surface area (Å²) in [5, 5.41) is 0. The van der Waals surface area contributed by atoms with Crippen molar-refractivity contribution in [2.75, 3.05) is 0 Å². The Hall–Kier alpha value is -0.735. The molecule has 0 unspecified atom stereocenters. The van der Waals surface area contributed by atoms with E-state index in [2.05, 4.69) is 32.7 Å². The summed E-state index contributed by atoms with van der Waals surface area (Å²) in [5.41, 5.74) is 1.67. The zero-order valence-electron chi connectivity index (χ0n) is 10.0. The van der Waals surface area contributed by atoms with E-state index >= 15 is 0 Å². The Morgan fingerprint density at radius 2 is 1.67 bits per heavy atom. The largest absolute Gasteiger partial charge is 0.496 e. The Balaban J connectivity index is 2.27. The number of nitrogens with one attached hydrogen (secondary N) is 1. The molecule has 82 valence electrons. The number of hydrogen-bond donors (Lipinski definition) is 1. The van der Waals surface area contributed by atoms with Crippen molar-refractivity contribution in [1.29, 1.82) is 0 Å². The van der Waals surface area contributed by atoms with Gasteiger partial charge in [0.2, 0.25) is 0 Å². The van der Waals surface area contributed by atoms with E-state index < -0.39 is 0 Å². The standard InChI is InChI=1S/C11H18BNO2/c1-8-9(6-7-13-8)12-14-10(2,3)11(4,5)15-12/h6-7,13H,1-5H3. The molecule has 0 spiro atoms. The highest BCUT2D eigenvalue weighted by Crippen LogP contribution is 2.36. The Morgan fingerprint density at radius 3 is 2.07 bits per heavy atom. The third-order valence-electron chi connectivity index (χ3n) is 3.50. The van der Waals surface area contributed by atoms with Crippen molar-refractivity contribution in [3.05, 3.63) is 18.0 Å². The first kappa shape index (κ1) is 10.8. The smallest absolute Gasteiger partial charge is 0.399 e. The summed E-state index contributed by atoms with van der Waals surface area (Å²) >= 11 is 0. The molecule has 1 aromatic rings. The molecular formula is C11H18BNO2. The Bertz CT molecular complexity index is 354. The van der Waals surface area contributed by atoms with Crippen LogP contribution in [0.2, 0.25) is 0 Å². The third kappa shape index (κ3) is 1.62. The molecular weight excluding hydrogens is 189 g/mol. The molecule has 0 aliphatic carbocycles. The molecule has 3 nitrogen and oxygen atoms in total. The van der Waals surface area contributed by atoms with Gasteiger partial charge in [-0.25, -0.2) is 0 Å². The summed E-state index contributed by atoms with van der Waals surface area (Å²) in [6.45, 7) is 10.3. The van der Waals surface area contributed by atoms with Crippen molar-refractivity contribution in [1.82, 2.24) is 4.98 Å². The number of rotatable bonds is 1. The highest BCUT2D eigenvalue weighted by Gasteiger charge is 2.52. The Kier molecular flexibility index (Phi) is 2.24. The molecule has 1 fully saturated rings. The summed E-state index contributed by atoms with van der Waals surface area (Å²) in [7, 11) is -0.249. The minimum atomic E-state index is -0.263. The van der Waals surface area contributed by atoms with Crippen LogP contribution in [0.15, 0.2) is 12.3 Å². The van der Waals surface area contributed by atoms with Gasteiger partial charge in [0.25, 0.3) is 0 Å². The maximum Gasteiger partial charge on any atom is 0.496 e. The van der Waals surface area contributed by atoms with Crippen LogP contribution < -0.4 is 5.46 Å². The van der Waals surface area contributed by atoms with Crippen LogP contribution in [-0.2, 0) is 9.31 Å². The third-order valence-corrected chi connectivity index (χ3v) is 3.50. The molecule has 15 heavy (non-hydrogen) atoms. The van der Waals surface area contributed by atoms with Gasteiger partial charge < -0.3 is 14.3 Å². The minimum absolute atomic E-state index is 0.249. The van der Waals surface area contributed by atoms with Gasteiger partial charge in [-0.15, -0.1) is 0 Å². The van der Waals surface area contributed by atoms with Gasteiger partial charge in [0.15, 0.2) is 0 Å². The van der Waals surface area contributed by atoms with Crippen molar-refractivity contribution in [2.45, 2.75) is 45.8 Å². The normalized spacial score (nSPS) is 23.4. The number of aromatic amines is 1. The highest BCUT2D eigenvalue weighted by atomic mass is 16.7. The second-order valence-corrected chi connectivity index (χ2v) is 5.15. The number of aryl methyl sites for hydroxylation is 1. The summed E-state index contributed by atoms with van der Waals surface area (Å²) in [5.74, 6) is 0.